The Morgan fingerprint density at radius 2 is 1.56 bits per heavy atom. The van der Waals surface area contributed by atoms with Crippen LogP contribution >= 0.6 is 11.6 Å². The number of halogens is 1. The molecule has 0 spiro atoms. The topological polar surface area (TPSA) is 78.5 Å². The highest BCUT2D eigenvalue weighted by Crippen LogP contribution is 2.33. The van der Waals surface area contributed by atoms with Crippen LogP contribution in [0, 0.1) is 13.8 Å². The number of carbonyl (C=O) groups excluding carboxylic acids is 3. The lowest BCUT2D eigenvalue weighted by Crippen LogP contribution is -2.33. The van der Waals surface area contributed by atoms with Crippen molar-refractivity contribution in [3.05, 3.63) is 99.7 Å². The summed E-state index contributed by atoms with van der Waals surface area (Å²) >= 11 is 6.26. The smallest absolute Gasteiger partial charge is 0.283 e. The average Bonchev–Trinajstić information content (AvgIpc) is 3.08. The van der Waals surface area contributed by atoms with Crippen molar-refractivity contribution in [2.75, 3.05) is 15.5 Å². The summed E-state index contributed by atoms with van der Waals surface area (Å²) in [5.41, 5.74) is 5.26. The minimum atomic E-state index is -0.574. The summed E-state index contributed by atoms with van der Waals surface area (Å²) in [5, 5.41) is 5.66. The fourth-order valence-corrected chi connectivity index (χ4v) is 4.21. The Bertz CT molecular complexity index is 1350. The third-order valence-corrected chi connectivity index (χ3v) is 6.64. The fraction of sp³-hybridized carbons (Fsp3) is 0.207. The number of carbonyl (C=O) groups is 3. The highest BCUT2D eigenvalue weighted by Gasteiger charge is 2.39. The van der Waals surface area contributed by atoms with Crippen LogP contribution in [0.15, 0.2) is 77.5 Å². The van der Waals surface area contributed by atoms with Gasteiger partial charge in [-0.3, -0.25) is 14.4 Å². The number of aryl methyl sites for hydroxylation is 2. The molecule has 0 bridgehead atoms. The molecule has 0 saturated heterocycles. The number of nitrogens with zero attached hydrogens (tertiary/aromatic N) is 1. The first-order valence-corrected chi connectivity index (χ1v) is 12.3. The van der Waals surface area contributed by atoms with E-state index < -0.39 is 11.8 Å². The predicted molar refractivity (Wildman–Crippen MR) is 144 cm³/mol. The van der Waals surface area contributed by atoms with Gasteiger partial charge in [-0.05, 0) is 85.8 Å². The highest BCUT2D eigenvalue weighted by molar-refractivity contribution is 6.53. The number of anilines is 3. The second kappa shape index (κ2) is 10.8. The maximum absolute atomic E-state index is 13.1. The van der Waals surface area contributed by atoms with Gasteiger partial charge in [0.15, 0.2) is 0 Å². The van der Waals surface area contributed by atoms with Crippen LogP contribution in [0.3, 0.4) is 0 Å². The third-order valence-electron chi connectivity index (χ3n) is 6.29. The first-order chi connectivity index (χ1) is 17.3. The SMILES string of the molecule is CCCCc1ccc(NC(=O)c2ccc(NC3=C(Cl)C(=O)N(c4cccc(C)c4C)C3=O)cc2)cc1. The Morgan fingerprint density at radius 3 is 2.22 bits per heavy atom. The third kappa shape index (κ3) is 5.19. The second-order valence-electron chi connectivity index (χ2n) is 8.81. The van der Waals surface area contributed by atoms with Gasteiger partial charge in [0.2, 0.25) is 0 Å². The van der Waals surface area contributed by atoms with Crippen molar-refractivity contribution in [2.24, 2.45) is 0 Å². The molecule has 0 atom stereocenters. The Balaban J connectivity index is 1.44. The highest BCUT2D eigenvalue weighted by atomic mass is 35.5. The molecular formula is C29H28ClN3O3. The van der Waals surface area contributed by atoms with E-state index >= 15 is 0 Å². The zero-order chi connectivity index (χ0) is 25.8. The van der Waals surface area contributed by atoms with Crippen molar-refractivity contribution >= 4 is 46.4 Å². The molecule has 1 aliphatic heterocycles. The predicted octanol–water partition coefficient (Wildman–Crippen LogP) is 6.33. The largest absolute Gasteiger partial charge is 0.350 e. The van der Waals surface area contributed by atoms with Crippen molar-refractivity contribution < 1.29 is 14.4 Å². The molecule has 36 heavy (non-hydrogen) atoms. The summed E-state index contributed by atoms with van der Waals surface area (Å²) < 4.78 is 0. The van der Waals surface area contributed by atoms with Crippen molar-refractivity contribution in [3.8, 4) is 0 Å². The van der Waals surface area contributed by atoms with Crippen LogP contribution in [0.2, 0.25) is 0 Å². The van der Waals surface area contributed by atoms with Gasteiger partial charge in [-0.25, -0.2) is 4.90 Å². The van der Waals surface area contributed by atoms with E-state index in [2.05, 4.69) is 17.6 Å². The molecule has 0 radical (unpaired) electrons. The first-order valence-electron chi connectivity index (χ1n) is 11.9. The average molecular weight is 502 g/mol. The first kappa shape index (κ1) is 25.2. The second-order valence-corrected chi connectivity index (χ2v) is 9.19. The van der Waals surface area contributed by atoms with Crippen LogP contribution < -0.4 is 15.5 Å². The number of unbranched alkanes of at least 4 members (excludes halogenated alkanes) is 1. The van der Waals surface area contributed by atoms with Gasteiger partial charge in [0, 0.05) is 16.9 Å². The number of benzene rings is 3. The minimum Gasteiger partial charge on any atom is -0.350 e. The molecule has 1 aliphatic rings. The Kier molecular flexibility index (Phi) is 7.55. The molecule has 6 nitrogen and oxygen atoms in total. The molecule has 184 valence electrons. The van der Waals surface area contributed by atoms with E-state index in [0.29, 0.717) is 16.9 Å². The molecule has 0 unspecified atom stereocenters. The molecule has 0 aromatic heterocycles. The standard InChI is InChI=1S/C29H28ClN3O3/c1-4-5-8-20-10-14-23(15-11-20)32-27(34)21-12-16-22(17-13-21)31-26-25(30)28(35)33(29(26)36)24-9-6-7-18(2)19(24)3/h6-7,9-17,31H,4-5,8H2,1-3H3,(H,32,34). The van der Waals surface area contributed by atoms with Gasteiger partial charge < -0.3 is 10.6 Å². The molecule has 7 heteroatoms. The summed E-state index contributed by atoms with van der Waals surface area (Å²) in [5.74, 6) is -1.34. The number of nitrogens with one attached hydrogen (secondary N) is 2. The molecule has 3 aromatic carbocycles. The van der Waals surface area contributed by atoms with Crippen LogP contribution in [-0.4, -0.2) is 17.7 Å². The van der Waals surface area contributed by atoms with Crippen LogP contribution in [0.1, 0.15) is 46.8 Å². The van der Waals surface area contributed by atoms with Crippen molar-refractivity contribution in [1.29, 1.82) is 0 Å². The summed E-state index contributed by atoms with van der Waals surface area (Å²) in [6.45, 7) is 5.93. The van der Waals surface area contributed by atoms with Crippen LogP contribution in [0.5, 0.6) is 0 Å². The zero-order valence-electron chi connectivity index (χ0n) is 20.5. The Morgan fingerprint density at radius 1 is 0.889 bits per heavy atom. The van der Waals surface area contributed by atoms with E-state index in [1.54, 1.807) is 36.4 Å². The van der Waals surface area contributed by atoms with Gasteiger partial charge in [-0.15, -0.1) is 0 Å². The maximum Gasteiger partial charge on any atom is 0.283 e. The number of rotatable bonds is 8. The molecular weight excluding hydrogens is 474 g/mol. The van der Waals surface area contributed by atoms with E-state index in [4.69, 9.17) is 11.6 Å². The van der Waals surface area contributed by atoms with Gasteiger partial charge >= 0.3 is 0 Å². The van der Waals surface area contributed by atoms with Gasteiger partial charge in [0.1, 0.15) is 10.7 Å². The molecule has 3 amide bonds. The summed E-state index contributed by atoms with van der Waals surface area (Å²) in [7, 11) is 0. The van der Waals surface area contributed by atoms with E-state index in [1.807, 2.05) is 44.2 Å². The molecule has 4 rings (SSSR count). The molecule has 0 fully saturated rings. The van der Waals surface area contributed by atoms with E-state index in [1.165, 1.54) is 5.56 Å². The molecule has 2 N–H and O–H groups in total. The lowest BCUT2D eigenvalue weighted by Gasteiger charge is -2.18. The fourth-order valence-electron chi connectivity index (χ4n) is 4.00. The molecule has 1 heterocycles. The summed E-state index contributed by atoms with van der Waals surface area (Å²) in [6, 6.07) is 19.9. The van der Waals surface area contributed by atoms with Crippen LogP contribution in [0.25, 0.3) is 0 Å². The quantitative estimate of drug-likeness (QED) is 0.353. The molecule has 0 saturated carbocycles. The number of amides is 3. The normalized spacial score (nSPS) is 13.4. The van der Waals surface area contributed by atoms with Crippen LogP contribution in [0.4, 0.5) is 17.1 Å². The number of hydrogen-bond acceptors (Lipinski definition) is 4. The molecule has 0 aliphatic carbocycles. The zero-order valence-corrected chi connectivity index (χ0v) is 21.3. The summed E-state index contributed by atoms with van der Waals surface area (Å²) in [6.07, 6.45) is 3.30. The number of hydrogen-bond donors (Lipinski definition) is 2. The summed E-state index contributed by atoms with van der Waals surface area (Å²) in [4.78, 5) is 39.6. The maximum atomic E-state index is 13.1. The Hall–Kier alpha value is -3.90. The van der Waals surface area contributed by atoms with Crippen molar-refractivity contribution in [2.45, 2.75) is 40.0 Å². The van der Waals surface area contributed by atoms with Gasteiger partial charge in [-0.2, -0.15) is 0 Å². The van der Waals surface area contributed by atoms with Gasteiger partial charge in [0.05, 0.1) is 5.69 Å². The number of imide groups is 1. The lowest BCUT2D eigenvalue weighted by molar-refractivity contribution is -0.120. The monoisotopic (exact) mass is 501 g/mol. The van der Waals surface area contributed by atoms with Crippen molar-refractivity contribution in [3.63, 3.8) is 0 Å². The van der Waals surface area contributed by atoms with Crippen molar-refractivity contribution in [1.82, 2.24) is 0 Å². The minimum absolute atomic E-state index is 0.00272. The lowest BCUT2D eigenvalue weighted by atomic mass is 10.1. The van der Waals surface area contributed by atoms with Gasteiger partial charge in [-0.1, -0.05) is 49.2 Å². The molecule has 3 aromatic rings. The van der Waals surface area contributed by atoms with E-state index in [0.717, 1.165) is 41.0 Å². The van der Waals surface area contributed by atoms with E-state index in [9.17, 15) is 14.4 Å². The van der Waals surface area contributed by atoms with Gasteiger partial charge in [0.25, 0.3) is 17.7 Å². The van der Waals surface area contributed by atoms with Crippen LogP contribution in [-0.2, 0) is 16.0 Å². The Labute approximate surface area is 216 Å². The van der Waals surface area contributed by atoms with E-state index in [-0.39, 0.29) is 16.6 Å².